The first kappa shape index (κ1) is 20.9. The molecule has 0 atom stereocenters. The van der Waals surface area contributed by atoms with Crippen molar-refractivity contribution in [1.82, 2.24) is 20.2 Å². The highest BCUT2D eigenvalue weighted by molar-refractivity contribution is 6.03. The van der Waals surface area contributed by atoms with Crippen LogP contribution in [0.4, 0.5) is 29.5 Å². The van der Waals surface area contributed by atoms with Gasteiger partial charge in [-0.25, -0.2) is 9.97 Å². The van der Waals surface area contributed by atoms with E-state index in [0.29, 0.717) is 12.6 Å². The number of hydrogen-bond acceptors (Lipinski definition) is 6. The zero-order valence-electron chi connectivity index (χ0n) is 16.2. The van der Waals surface area contributed by atoms with Gasteiger partial charge in [0.05, 0.1) is 0 Å². The lowest BCUT2D eigenvalue weighted by Gasteiger charge is -2.14. The summed E-state index contributed by atoms with van der Waals surface area (Å²) in [6, 6.07) is 8.63. The van der Waals surface area contributed by atoms with Gasteiger partial charge in [0.25, 0.3) is 0 Å². The number of nitrogens with one attached hydrogen (secondary N) is 1. The molecule has 0 bridgehead atoms. The molecule has 3 heterocycles. The number of pyridine rings is 1. The fraction of sp³-hybridized carbons (Fsp3) is 0.100. The van der Waals surface area contributed by atoms with Gasteiger partial charge < -0.3 is 15.2 Å². The Balaban J connectivity index is 1.35. The molecule has 4 aromatic rings. The predicted molar refractivity (Wildman–Crippen MR) is 105 cm³/mol. The largest absolute Gasteiger partial charge is 0.433 e. The lowest BCUT2D eigenvalue weighted by Crippen LogP contribution is -2.35. The number of alkyl halides is 3. The van der Waals surface area contributed by atoms with Gasteiger partial charge in [-0.15, -0.1) is 0 Å². The monoisotopic (exact) mass is 441 g/mol. The van der Waals surface area contributed by atoms with Crippen LogP contribution in [0.25, 0.3) is 16.4 Å². The van der Waals surface area contributed by atoms with Crippen molar-refractivity contribution in [3.8, 4) is 11.1 Å². The second-order valence-electron chi connectivity index (χ2n) is 6.53. The average Bonchev–Trinajstić information content (AvgIpc) is 3.21. The Hall–Kier alpha value is -4.35. The molecule has 1 N–H and O–H groups in total. The SMILES string of the molecule is O=C([N-]c1c[n+](Cc2ccc(-c3cncnc3)cc2)no1)Nc1ccnc(C(F)(F)F)c1. The van der Waals surface area contributed by atoms with E-state index in [-0.39, 0.29) is 11.6 Å². The number of nitrogens with zero attached hydrogens (tertiary/aromatic N) is 6. The van der Waals surface area contributed by atoms with Crippen LogP contribution in [0, 0.1) is 0 Å². The smallest absolute Gasteiger partial charge is 0.424 e. The Labute approximate surface area is 178 Å². The van der Waals surface area contributed by atoms with Gasteiger partial charge in [-0.1, -0.05) is 24.3 Å². The number of urea groups is 1. The third kappa shape index (κ3) is 5.22. The molecule has 2 amide bonds. The standard InChI is InChI=1S/C20H14F3N7O2/c21-20(22,23)17-7-16(5-6-26-17)27-19(31)28-18-11-30(29-32-18)10-13-1-3-14(4-2-13)15-8-24-12-25-9-15/h1-9,11-12H,10H2,(H-,26,27,28,29,31). The number of rotatable bonds is 5. The molecule has 0 aliphatic rings. The fourth-order valence-corrected chi connectivity index (χ4v) is 2.75. The van der Waals surface area contributed by atoms with Gasteiger partial charge in [0.1, 0.15) is 12.0 Å². The highest BCUT2D eigenvalue weighted by Gasteiger charge is 2.32. The molecule has 0 spiro atoms. The molecule has 1 aromatic carbocycles. The Bertz CT molecular complexity index is 1210. The van der Waals surface area contributed by atoms with Gasteiger partial charge in [-0.05, 0) is 28.1 Å². The van der Waals surface area contributed by atoms with Crippen molar-refractivity contribution in [2.75, 3.05) is 5.32 Å². The lowest BCUT2D eigenvalue weighted by atomic mass is 10.1. The molecule has 32 heavy (non-hydrogen) atoms. The summed E-state index contributed by atoms with van der Waals surface area (Å²) >= 11 is 0. The maximum absolute atomic E-state index is 12.7. The molecular weight excluding hydrogens is 427 g/mol. The number of aromatic nitrogens is 5. The van der Waals surface area contributed by atoms with Crippen molar-refractivity contribution in [3.05, 3.63) is 84.1 Å². The van der Waals surface area contributed by atoms with Gasteiger partial charge in [0.15, 0.2) is 11.3 Å². The third-order valence-corrected chi connectivity index (χ3v) is 4.20. The Kier molecular flexibility index (Phi) is 5.75. The molecule has 9 nitrogen and oxygen atoms in total. The molecule has 0 aliphatic carbocycles. The van der Waals surface area contributed by atoms with Crippen molar-refractivity contribution in [2.45, 2.75) is 12.7 Å². The second-order valence-corrected chi connectivity index (χ2v) is 6.53. The van der Waals surface area contributed by atoms with E-state index in [0.717, 1.165) is 22.9 Å². The van der Waals surface area contributed by atoms with Crippen LogP contribution in [0.3, 0.4) is 0 Å². The molecule has 0 radical (unpaired) electrons. The van der Waals surface area contributed by atoms with Crippen molar-refractivity contribution in [2.24, 2.45) is 0 Å². The third-order valence-electron chi connectivity index (χ3n) is 4.20. The maximum Gasteiger partial charge on any atom is 0.433 e. The van der Waals surface area contributed by atoms with Crippen LogP contribution in [0.1, 0.15) is 11.3 Å². The Morgan fingerprint density at radius 2 is 1.84 bits per heavy atom. The van der Waals surface area contributed by atoms with E-state index in [1.807, 2.05) is 24.3 Å². The van der Waals surface area contributed by atoms with Crippen molar-refractivity contribution < 1.29 is 27.2 Å². The van der Waals surface area contributed by atoms with Crippen LogP contribution >= 0.6 is 0 Å². The van der Waals surface area contributed by atoms with Crippen molar-refractivity contribution in [3.63, 3.8) is 0 Å². The van der Waals surface area contributed by atoms with Crippen LogP contribution < -0.4 is 10.00 Å². The average molecular weight is 441 g/mol. The van der Waals surface area contributed by atoms with Gasteiger partial charge in [0, 0.05) is 29.7 Å². The maximum atomic E-state index is 12.7. The summed E-state index contributed by atoms with van der Waals surface area (Å²) in [6.45, 7) is 0.353. The van der Waals surface area contributed by atoms with E-state index in [1.54, 1.807) is 12.4 Å². The highest BCUT2D eigenvalue weighted by Crippen LogP contribution is 2.29. The summed E-state index contributed by atoms with van der Waals surface area (Å²) in [6.07, 6.45) is 2.59. The van der Waals surface area contributed by atoms with Crippen molar-refractivity contribution in [1.29, 1.82) is 0 Å². The number of carbonyl (C=O) groups is 1. The second kappa shape index (κ2) is 8.79. The van der Waals surface area contributed by atoms with E-state index in [9.17, 15) is 18.0 Å². The number of benzene rings is 1. The van der Waals surface area contributed by atoms with Crippen LogP contribution in [0.15, 0.2) is 72.0 Å². The quantitative estimate of drug-likeness (QED) is 0.467. The van der Waals surface area contributed by atoms with Crippen LogP contribution in [-0.2, 0) is 12.7 Å². The first-order valence-corrected chi connectivity index (χ1v) is 9.13. The van der Waals surface area contributed by atoms with Crippen LogP contribution in [-0.4, -0.2) is 26.3 Å². The zero-order chi connectivity index (χ0) is 22.6. The van der Waals surface area contributed by atoms with Gasteiger partial charge in [-0.2, -0.15) is 13.2 Å². The zero-order valence-corrected chi connectivity index (χ0v) is 16.2. The van der Waals surface area contributed by atoms with Gasteiger partial charge >= 0.3 is 6.18 Å². The summed E-state index contributed by atoms with van der Waals surface area (Å²) in [5.41, 5.74) is 1.53. The number of hydrogen-bond donors (Lipinski definition) is 1. The first-order chi connectivity index (χ1) is 15.4. The summed E-state index contributed by atoms with van der Waals surface area (Å²) in [5.74, 6) is -0.106. The van der Waals surface area contributed by atoms with Gasteiger partial charge in [0.2, 0.25) is 18.6 Å². The summed E-state index contributed by atoms with van der Waals surface area (Å²) in [5, 5.41) is 9.67. The molecule has 4 rings (SSSR count). The molecule has 0 fully saturated rings. The summed E-state index contributed by atoms with van der Waals surface area (Å²) in [7, 11) is 0. The van der Waals surface area contributed by atoms with E-state index in [2.05, 4.69) is 30.9 Å². The number of anilines is 1. The van der Waals surface area contributed by atoms with E-state index < -0.39 is 17.9 Å². The molecule has 0 aliphatic heterocycles. The summed E-state index contributed by atoms with van der Waals surface area (Å²) in [4.78, 5) is 23.2. The number of halogens is 3. The topological polar surface area (TPSA) is 112 Å². The fourth-order valence-electron chi connectivity index (χ4n) is 2.75. The molecule has 0 saturated heterocycles. The number of carbonyl (C=O) groups excluding carboxylic acids is 1. The van der Waals surface area contributed by atoms with E-state index in [1.165, 1.54) is 23.3 Å². The summed E-state index contributed by atoms with van der Waals surface area (Å²) < 4.78 is 44.6. The molecule has 0 unspecified atom stereocenters. The Morgan fingerprint density at radius 3 is 2.56 bits per heavy atom. The minimum atomic E-state index is -4.62. The van der Waals surface area contributed by atoms with Crippen molar-refractivity contribution >= 4 is 17.6 Å². The minimum Gasteiger partial charge on any atom is -0.424 e. The Morgan fingerprint density at radius 1 is 1.09 bits per heavy atom. The number of amides is 2. The first-order valence-electron chi connectivity index (χ1n) is 9.13. The van der Waals surface area contributed by atoms with Crippen LogP contribution in [0.5, 0.6) is 0 Å². The van der Waals surface area contributed by atoms with E-state index >= 15 is 0 Å². The van der Waals surface area contributed by atoms with Crippen LogP contribution in [0.2, 0.25) is 0 Å². The molecule has 0 saturated carbocycles. The predicted octanol–water partition coefficient (Wildman–Crippen LogP) is 4.12. The molecule has 162 valence electrons. The minimum absolute atomic E-state index is 0.0997. The molecule has 3 aromatic heterocycles. The highest BCUT2D eigenvalue weighted by atomic mass is 19.4. The molecular formula is C20H14F3N7O2. The van der Waals surface area contributed by atoms with E-state index in [4.69, 9.17) is 4.52 Å². The molecule has 12 heteroatoms. The lowest BCUT2D eigenvalue weighted by molar-refractivity contribution is -0.754. The van der Waals surface area contributed by atoms with Gasteiger partial charge in [-0.3, -0.25) is 9.78 Å². The normalized spacial score (nSPS) is 11.2.